The number of anilines is 1. The summed E-state index contributed by atoms with van der Waals surface area (Å²) in [6.07, 6.45) is 3.91. The van der Waals surface area contributed by atoms with E-state index in [9.17, 15) is 0 Å². The zero-order valence-electron chi connectivity index (χ0n) is 11.5. The van der Waals surface area contributed by atoms with E-state index in [2.05, 4.69) is 58.2 Å². The molecule has 1 saturated carbocycles. The minimum absolute atomic E-state index is 0.385. The van der Waals surface area contributed by atoms with Crippen LogP contribution in [-0.4, -0.2) is 19.6 Å². The van der Waals surface area contributed by atoms with E-state index in [0.717, 1.165) is 17.1 Å². The van der Waals surface area contributed by atoms with Gasteiger partial charge in [0, 0.05) is 28.8 Å². The predicted molar refractivity (Wildman–Crippen MR) is 82.3 cm³/mol. The highest BCUT2D eigenvalue weighted by Crippen LogP contribution is 2.36. The molecule has 0 saturated heterocycles. The number of nitrogens with zero attached hydrogens (tertiary/aromatic N) is 1. The fraction of sp³-hybridized carbons (Fsp3) is 0.600. The summed E-state index contributed by atoms with van der Waals surface area (Å²) >= 11 is 3.59. The predicted octanol–water partition coefficient (Wildman–Crippen LogP) is 4.11. The number of nitrogens with one attached hydrogen (secondary N) is 1. The van der Waals surface area contributed by atoms with Gasteiger partial charge in [0.05, 0.1) is 0 Å². The summed E-state index contributed by atoms with van der Waals surface area (Å²) in [4.78, 5) is 2.59. The average Bonchev–Trinajstić information content (AvgIpc) is 3.19. The van der Waals surface area contributed by atoms with Crippen molar-refractivity contribution in [3.63, 3.8) is 0 Å². The monoisotopic (exact) mass is 310 g/mol. The van der Waals surface area contributed by atoms with Crippen molar-refractivity contribution in [3.8, 4) is 0 Å². The van der Waals surface area contributed by atoms with Gasteiger partial charge < -0.3 is 10.2 Å². The minimum Gasteiger partial charge on any atom is -0.368 e. The van der Waals surface area contributed by atoms with Crippen LogP contribution < -0.4 is 10.2 Å². The molecule has 0 amide bonds. The normalized spacial score (nSPS) is 16.7. The summed E-state index contributed by atoms with van der Waals surface area (Å²) in [7, 11) is 2.02. The molecule has 1 unspecified atom stereocenters. The lowest BCUT2D eigenvalue weighted by Gasteiger charge is -2.29. The number of hydrogen-bond acceptors (Lipinski definition) is 2. The number of benzene rings is 1. The average molecular weight is 311 g/mol. The van der Waals surface area contributed by atoms with E-state index < -0.39 is 0 Å². The van der Waals surface area contributed by atoms with Crippen molar-refractivity contribution in [1.82, 2.24) is 5.32 Å². The van der Waals surface area contributed by atoms with Crippen molar-refractivity contribution in [3.05, 3.63) is 28.2 Å². The molecule has 1 fully saturated rings. The molecule has 2 rings (SSSR count). The van der Waals surface area contributed by atoms with Crippen LogP contribution in [0.2, 0.25) is 0 Å². The summed E-state index contributed by atoms with van der Waals surface area (Å²) in [5.74, 6) is 0. The summed E-state index contributed by atoms with van der Waals surface area (Å²) in [5.41, 5.74) is 2.80. The summed E-state index contributed by atoms with van der Waals surface area (Å²) < 4.78 is 1.16. The highest BCUT2D eigenvalue weighted by atomic mass is 79.9. The second-order valence-electron chi connectivity index (χ2n) is 5.14. The SMILES string of the molecule is CCCN(c1ccc(Br)cc1C(C)NC)C1CC1. The maximum Gasteiger partial charge on any atom is 0.0417 e. The second kappa shape index (κ2) is 6.07. The number of hydrogen-bond donors (Lipinski definition) is 1. The molecule has 0 aliphatic heterocycles. The van der Waals surface area contributed by atoms with E-state index in [-0.39, 0.29) is 0 Å². The molecule has 1 aromatic rings. The van der Waals surface area contributed by atoms with Gasteiger partial charge in [-0.05, 0) is 57.0 Å². The topological polar surface area (TPSA) is 15.3 Å². The van der Waals surface area contributed by atoms with Gasteiger partial charge in [-0.1, -0.05) is 22.9 Å². The van der Waals surface area contributed by atoms with Crippen molar-refractivity contribution in [1.29, 1.82) is 0 Å². The first-order valence-electron chi connectivity index (χ1n) is 6.90. The third kappa shape index (κ3) is 3.07. The Balaban J connectivity index is 2.34. The van der Waals surface area contributed by atoms with Crippen LogP contribution in [0.3, 0.4) is 0 Å². The molecule has 0 heterocycles. The molecule has 0 radical (unpaired) electrons. The molecular formula is C15H23BrN2. The minimum atomic E-state index is 0.385. The molecule has 1 aromatic carbocycles. The van der Waals surface area contributed by atoms with E-state index >= 15 is 0 Å². The van der Waals surface area contributed by atoms with Gasteiger partial charge in [-0.2, -0.15) is 0 Å². The zero-order chi connectivity index (χ0) is 13.1. The third-order valence-corrected chi connectivity index (χ3v) is 4.14. The lowest BCUT2D eigenvalue weighted by molar-refractivity contribution is 0.644. The fourth-order valence-corrected chi connectivity index (χ4v) is 2.79. The van der Waals surface area contributed by atoms with Gasteiger partial charge in [-0.15, -0.1) is 0 Å². The number of halogens is 1. The van der Waals surface area contributed by atoms with Gasteiger partial charge in [0.1, 0.15) is 0 Å². The Bertz CT molecular complexity index is 401. The molecular weight excluding hydrogens is 288 g/mol. The zero-order valence-corrected chi connectivity index (χ0v) is 13.1. The molecule has 0 spiro atoms. The van der Waals surface area contributed by atoms with Crippen LogP contribution in [0.1, 0.15) is 44.7 Å². The van der Waals surface area contributed by atoms with Crippen molar-refractivity contribution >= 4 is 21.6 Å². The van der Waals surface area contributed by atoms with Crippen LogP contribution in [0.5, 0.6) is 0 Å². The van der Waals surface area contributed by atoms with Crippen LogP contribution in [-0.2, 0) is 0 Å². The highest BCUT2D eigenvalue weighted by molar-refractivity contribution is 9.10. The second-order valence-corrected chi connectivity index (χ2v) is 6.05. The van der Waals surface area contributed by atoms with E-state index in [1.165, 1.54) is 30.5 Å². The van der Waals surface area contributed by atoms with Gasteiger partial charge in [-0.25, -0.2) is 0 Å². The molecule has 3 heteroatoms. The summed E-state index contributed by atoms with van der Waals surface area (Å²) in [5, 5.41) is 3.36. The molecule has 100 valence electrons. The Morgan fingerprint density at radius 1 is 1.44 bits per heavy atom. The smallest absolute Gasteiger partial charge is 0.0417 e. The maximum absolute atomic E-state index is 3.59. The molecule has 0 bridgehead atoms. The van der Waals surface area contributed by atoms with Gasteiger partial charge in [0.25, 0.3) is 0 Å². The van der Waals surface area contributed by atoms with E-state index in [0.29, 0.717) is 6.04 Å². The first-order valence-corrected chi connectivity index (χ1v) is 7.70. The lowest BCUT2D eigenvalue weighted by atomic mass is 10.0. The largest absolute Gasteiger partial charge is 0.368 e. The first-order chi connectivity index (χ1) is 8.67. The van der Waals surface area contributed by atoms with Gasteiger partial charge in [0.15, 0.2) is 0 Å². The van der Waals surface area contributed by atoms with Crippen LogP contribution in [0.4, 0.5) is 5.69 Å². The molecule has 2 nitrogen and oxygen atoms in total. The molecule has 1 N–H and O–H groups in total. The molecule has 1 aliphatic carbocycles. The van der Waals surface area contributed by atoms with Crippen LogP contribution >= 0.6 is 15.9 Å². The molecule has 1 aliphatic rings. The third-order valence-electron chi connectivity index (χ3n) is 3.65. The lowest BCUT2D eigenvalue weighted by Crippen LogP contribution is -2.28. The number of rotatable bonds is 6. The first kappa shape index (κ1) is 13.9. The maximum atomic E-state index is 3.59. The van der Waals surface area contributed by atoms with Crippen molar-refractivity contribution in [2.45, 2.75) is 45.2 Å². The Hall–Kier alpha value is -0.540. The van der Waals surface area contributed by atoms with E-state index in [1.807, 2.05) is 7.05 Å². The quantitative estimate of drug-likeness (QED) is 0.850. The molecule has 18 heavy (non-hydrogen) atoms. The Labute approximate surface area is 119 Å². The Morgan fingerprint density at radius 2 is 2.17 bits per heavy atom. The molecule has 1 atom stereocenters. The van der Waals surface area contributed by atoms with Crippen molar-refractivity contribution in [2.75, 3.05) is 18.5 Å². The summed E-state index contributed by atoms with van der Waals surface area (Å²) in [6, 6.07) is 7.83. The van der Waals surface area contributed by atoms with Crippen molar-refractivity contribution < 1.29 is 0 Å². The van der Waals surface area contributed by atoms with Gasteiger partial charge in [0.2, 0.25) is 0 Å². The molecule has 0 aromatic heterocycles. The Morgan fingerprint density at radius 3 is 2.72 bits per heavy atom. The van der Waals surface area contributed by atoms with E-state index in [1.54, 1.807) is 0 Å². The van der Waals surface area contributed by atoms with Gasteiger partial charge in [-0.3, -0.25) is 0 Å². The Kier molecular flexibility index (Phi) is 4.68. The summed E-state index contributed by atoms with van der Waals surface area (Å²) in [6.45, 7) is 5.65. The highest BCUT2D eigenvalue weighted by Gasteiger charge is 2.30. The van der Waals surface area contributed by atoms with Crippen molar-refractivity contribution in [2.24, 2.45) is 0 Å². The van der Waals surface area contributed by atoms with Crippen LogP contribution in [0, 0.1) is 0 Å². The van der Waals surface area contributed by atoms with Crippen LogP contribution in [0.15, 0.2) is 22.7 Å². The van der Waals surface area contributed by atoms with Gasteiger partial charge >= 0.3 is 0 Å². The standard InChI is InChI=1S/C15H23BrN2/c1-4-9-18(13-6-7-13)15-8-5-12(16)10-14(15)11(2)17-3/h5,8,10-11,13,17H,4,6-7,9H2,1-3H3. The van der Waals surface area contributed by atoms with E-state index in [4.69, 9.17) is 0 Å². The van der Waals surface area contributed by atoms with Crippen LogP contribution in [0.25, 0.3) is 0 Å². The fourth-order valence-electron chi connectivity index (χ4n) is 2.42.